The molecule has 0 fully saturated rings. The third kappa shape index (κ3) is 3.26. The fraction of sp³-hybridized carbons (Fsp3) is 0.533. The molecule has 2 rings (SSSR count). The molecule has 5 nitrogen and oxygen atoms in total. The monoisotopic (exact) mass is 351 g/mol. The summed E-state index contributed by atoms with van der Waals surface area (Å²) in [5.74, 6) is 1.54. The zero-order chi connectivity index (χ0) is 15.8. The Morgan fingerprint density at radius 3 is 2.43 bits per heavy atom. The fourth-order valence-electron chi connectivity index (χ4n) is 2.17. The van der Waals surface area contributed by atoms with Gasteiger partial charge in [0.1, 0.15) is 5.82 Å². The summed E-state index contributed by atoms with van der Waals surface area (Å²) in [5, 5.41) is 7.68. The van der Waals surface area contributed by atoms with Crippen LogP contribution in [0.5, 0.6) is 0 Å². The van der Waals surface area contributed by atoms with Gasteiger partial charge in [0.25, 0.3) is 0 Å². The van der Waals surface area contributed by atoms with Crippen molar-refractivity contribution in [1.82, 2.24) is 19.7 Å². The highest BCUT2D eigenvalue weighted by molar-refractivity contribution is 9.10. The van der Waals surface area contributed by atoms with E-state index in [1.165, 1.54) is 0 Å². The third-order valence-electron chi connectivity index (χ3n) is 3.16. The van der Waals surface area contributed by atoms with E-state index >= 15 is 0 Å². The van der Waals surface area contributed by atoms with E-state index in [0.717, 1.165) is 33.8 Å². The van der Waals surface area contributed by atoms with Gasteiger partial charge >= 0.3 is 0 Å². The topological polar surface area (TPSA) is 55.6 Å². The second-order valence-electron chi connectivity index (χ2n) is 6.14. The zero-order valence-corrected chi connectivity index (χ0v) is 15.0. The van der Waals surface area contributed by atoms with Gasteiger partial charge in [0.2, 0.25) is 0 Å². The summed E-state index contributed by atoms with van der Waals surface area (Å²) in [6, 6.07) is 0. The van der Waals surface area contributed by atoms with Gasteiger partial charge in [-0.25, -0.2) is 9.97 Å². The van der Waals surface area contributed by atoms with Crippen molar-refractivity contribution in [3.8, 4) is 11.4 Å². The van der Waals surface area contributed by atoms with E-state index < -0.39 is 0 Å². The molecule has 0 atom stereocenters. The molecule has 0 amide bonds. The van der Waals surface area contributed by atoms with Gasteiger partial charge in [0, 0.05) is 25.2 Å². The predicted octanol–water partition coefficient (Wildman–Crippen LogP) is 3.68. The molecule has 2 heterocycles. The van der Waals surface area contributed by atoms with Crippen LogP contribution >= 0.6 is 15.9 Å². The number of hydrogen-bond donors (Lipinski definition) is 1. The van der Waals surface area contributed by atoms with E-state index in [4.69, 9.17) is 4.98 Å². The van der Waals surface area contributed by atoms with E-state index in [1.54, 1.807) is 4.68 Å². The van der Waals surface area contributed by atoms with Crippen LogP contribution in [-0.2, 0) is 12.5 Å². The molecule has 0 aliphatic carbocycles. The Morgan fingerprint density at radius 1 is 1.29 bits per heavy atom. The standard InChI is InChI=1S/C15H22BrN5/c1-7-17-14-11(16)12(15(3,4)5)18-13(19-14)10-8-21(6)20-9(10)2/h8H,7H2,1-6H3,(H,17,18,19). The van der Waals surface area contributed by atoms with Crippen LogP contribution in [0.4, 0.5) is 5.82 Å². The van der Waals surface area contributed by atoms with Gasteiger partial charge in [0.15, 0.2) is 5.82 Å². The molecular weight excluding hydrogens is 330 g/mol. The van der Waals surface area contributed by atoms with Gasteiger partial charge in [-0.1, -0.05) is 20.8 Å². The van der Waals surface area contributed by atoms with Crippen molar-refractivity contribution in [2.45, 2.75) is 40.0 Å². The molecule has 0 aliphatic rings. The van der Waals surface area contributed by atoms with Gasteiger partial charge in [-0.3, -0.25) is 4.68 Å². The van der Waals surface area contributed by atoms with Gasteiger partial charge in [-0.2, -0.15) is 5.10 Å². The molecule has 0 spiro atoms. The van der Waals surface area contributed by atoms with Crippen LogP contribution in [0, 0.1) is 6.92 Å². The number of anilines is 1. The Balaban J connectivity index is 2.67. The number of rotatable bonds is 3. The molecule has 6 heteroatoms. The maximum atomic E-state index is 4.78. The minimum absolute atomic E-state index is 0.0726. The van der Waals surface area contributed by atoms with E-state index in [0.29, 0.717) is 5.82 Å². The first-order valence-electron chi connectivity index (χ1n) is 7.06. The van der Waals surface area contributed by atoms with Gasteiger partial charge in [-0.05, 0) is 29.8 Å². The highest BCUT2D eigenvalue weighted by Crippen LogP contribution is 2.34. The lowest BCUT2D eigenvalue weighted by atomic mass is 9.91. The average Bonchev–Trinajstić information content (AvgIpc) is 2.70. The van der Waals surface area contributed by atoms with Gasteiger partial charge in [0.05, 0.1) is 21.4 Å². The lowest BCUT2D eigenvalue weighted by Crippen LogP contribution is -2.17. The summed E-state index contributed by atoms with van der Waals surface area (Å²) in [6.45, 7) is 11.3. The fourth-order valence-corrected chi connectivity index (χ4v) is 3.08. The van der Waals surface area contributed by atoms with Crippen LogP contribution in [-0.4, -0.2) is 26.3 Å². The van der Waals surface area contributed by atoms with Crippen LogP contribution in [0.25, 0.3) is 11.4 Å². The molecule has 0 saturated carbocycles. The number of aromatic nitrogens is 4. The predicted molar refractivity (Wildman–Crippen MR) is 89.5 cm³/mol. The number of hydrogen-bond acceptors (Lipinski definition) is 4. The first-order chi connectivity index (χ1) is 9.74. The van der Waals surface area contributed by atoms with Crippen LogP contribution in [0.2, 0.25) is 0 Å². The Labute approximate surface area is 134 Å². The molecule has 0 unspecified atom stereocenters. The Hall–Kier alpha value is -1.43. The molecule has 2 aromatic heterocycles. The number of halogens is 1. The molecule has 0 aromatic carbocycles. The largest absolute Gasteiger partial charge is 0.369 e. The van der Waals surface area contributed by atoms with Gasteiger partial charge < -0.3 is 5.32 Å². The normalized spacial score (nSPS) is 11.8. The highest BCUT2D eigenvalue weighted by Gasteiger charge is 2.24. The number of nitrogens with zero attached hydrogens (tertiary/aromatic N) is 4. The van der Waals surface area contributed by atoms with Crippen molar-refractivity contribution in [2.75, 3.05) is 11.9 Å². The van der Waals surface area contributed by atoms with Crippen LogP contribution in [0.3, 0.4) is 0 Å². The molecule has 2 aromatic rings. The molecule has 114 valence electrons. The third-order valence-corrected chi connectivity index (χ3v) is 3.91. The quantitative estimate of drug-likeness (QED) is 0.916. The van der Waals surface area contributed by atoms with E-state index in [9.17, 15) is 0 Å². The average molecular weight is 352 g/mol. The summed E-state index contributed by atoms with van der Waals surface area (Å²) in [7, 11) is 1.91. The van der Waals surface area contributed by atoms with Crippen molar-refractivity contribution in [2.24, 2.45) is 7.05 Å². The van der Waals surface area contributed by atoms with Crippen molar-refractivity contribution < 1.29 is 0 Å². The lowest BCUT2D eigenvalue weighted by molar-refractivity contribution is 0.564. The van der Waals surface area contributed by atoms with Crippen LogP contribution < -0.4 is 5.32 Å². The van der Waals surface area contributed by atoms with Gasteiger partial charge in [-0.15, -0.1) is 0 Å². The van der Waals surface area contributed by atoms with E-state index in [2.05, 4.69) is 59.0 Å². The maximum absolute atomic E-state index is 4.78. The summed E-state index contributed by atoms with van der Waals surface area (Å²) in [5.41, 5.74) is 2.82. The van der Waals surface area contributed by atoms with E-state index in [-0.39, 0.29) is 5.41 Å². The van der Waals surface area contributed by atoms with Crippen LogP contribution in [0.15, 0.2) is 10.7 Å². The minimum atomic E-state index is -0.0726. The summed E-state index contributed by atoms with van der Waals surface area (Å²) < 4.78 is 2.72. The second-order valence-corrected chi connectivity index (χ2v) is 6.93. The highest BCUT2D eigenvalue weighted by atomic mass is 79.9. The molecule has 0 bridgehead atoms. The van der Waals surface area contributed by atoms with Crippen molar-refractivity contribution in [1.29, 1.82) is 0 Å². The van der Waals surface area contributed by atoms with Crippen molar-refractivity contribution in [3.63, 3.8) is 0 Å². The first-order valence-corrected chi connectivity index (χ1v) is 7.85. The Kier molecular flexibility index (Phi) is 4.37. The molecular formula is C15H22BrN5. The minimum Gasteiger partial charge on any atom is -0.369 e. The molecule has 0 saturated heterocycles. The first kappa shape index (κ1) is 15.9. The summed E-state index contributed by atoms with van der Waals surface area (Å²) in [6.07, 6.45) is 1.96. The second kappa shape index (κ2) is 5.75. The summed E-state index contributed by atoms with van der Waals surface area (Å²) in [4.78, 5) is 9.44. The summed E-state index contributed by atoms with van der Waals surface area (Å²) >= 11 is 3.64. The molecule has 1 N–H and O–H groups in total. The number of aryl methyl sites for hydroxylation is 2. The van der Waals surface area contributed by atoms with Crippen molar-refractivity contribution in [3.05, 3.63) is 22.1 Å². The Morgan fingerprint density at radius 2 is 1.95 bits per heavy atom. The Bertz CT molecular complexity index is 655. The molecule has 21 heavy (non-hydrogen) atoms. The SMILES string of the molecule is CCNc1nc(-c2cn(C)nc2C)nc(C(C)(C)C)c1Br. The van der Waals surface area contributed by atoms with E-state index in [1.807, 2.05) is 20.2 Å². The van der Waals surface area contributed by atoms with Crippen molar-refractivity contribution >= 4 is 21.7 Å². The smallest absolute Gasteiger partial charge is 0.165 e. The zero-order valence-electron chi connectivity index (χ0n) is 13.5. The lowest BCUT2D eigenvalue weighted by Gasteiger charge is -2.22. The van der Waals surface area contributed by atoms with Crippen LogP contribution in [0.1, 0.15) is 39.1 Å². The molecule has 0 aliphatic heterocycles. The number of nitrogens with one attached hydrogen (secondary N) is 1. The maximum Gasteiger partial charge on any atom is 0.165 e. The molecule has 0 radical (unpaired) electrons.